The van der Waals surface area contributed by atoms with Crippen LogP contribution in [0, 0.1) is 0 Å². The Balaban J connectivity index is 2.24. The number of hydrogen-bond acceptors (Lipinski definition) is 3. The lowest BCUT2D eigenvalue weighted by Gasteiger charge is -2.30. The highest BCUT2D eigenvalue weighted by Gasteiger charge is 2.28. The maximum atomic E-state index is 13.3. The highest BCUT2D eigenvalue weighted by atomic mass is 35.5. The van der Waals surface area contributed by atoms with Crippen LogP contribution in [0.25, 0.3) is 0 Å². The molecule has 5 nitrogen and oxygen atoms in total. The van der Waals surface area contributed by atoms with E-state index in [2.05, 4.69) is 26.1 Å². The van der Waals surface area contributed by atoms with Gasteiger partial charge in [-0.3, -0.25) is 9.59 Å². The summed E-state index contributed by atoms with van der Waals surface area (Å²) in [5, 5.41) is 3.52. The molecule has 6 heteroatoms. The number of nitrogens with one attached hydrogen (secondary N) is 1. The van der Waals surface area contributed by atoms with Gasteiger partial charge in [-0.15, -0.1) is 0 Å². The molecular weight excluding hydrogens is 424 g/mol. The number of ether oxygens (including phenoxy) is 1. The normalized spacial score (nSPS) is 13.2. The number of nitrogens with zero attached hydrogens (tertiary/aromatic N) is 1. The summed E-state index contributed by atoms with van der Waals surface area (Å²) >= 11 is 6.34. The molecule has 0 radical (unpaired) electrons. The molecule has 0 saturated heterocycles. The zero-order chi connectivity index (χ0) is 23.9. The van der Waals surface area contributed by atoms with E-state index in [0.717, 1.165) is 17.5 Å². The summed E-state index contributed by atoms with van der Waals surface area (Å²) in [7, 11) is 0. The Morgan fingerprint density at radius 3 is 2.31 bits per heavy atom. The van der Waals surface area contributed by atoms with Gasteiger partial charge in [0.1, 0.15) is 11.8 Å². The lowest BCUT2D eigenvalue weighted by atomic mass is 9.86. The van der Waals surface area contributed by atoms with Gasteiger partial charge in [-0.2, -0.15) is 0 Å². The highest BCUT2D eigenvalue weighted by Crippen LogP contribution is 2.31. The standard InChI is InChI=1S/C26H35ClN2O3/c1-7-18(2)28-25(31)19(3)29(16-20-12-8-10-14-22(20)27)24(30)17-32-23-15-11-9-13-21(23)26(4,5)6/h8-15,18-19H,7,16-17H2,1-6H3,(H,28,31). The summed E-state index contributed by atoms with van der Waals surface area (Å²) in [5.41, 5.74) is 1.68. The number of carbonyl (C=O) groups excluding carboxylic acids is 2. The topological polar surface area (TPSA) is 58.6 Å². The highest BCUT2D eigenvalue weighted by molar-refractivity contribution is 6.31. The third-order valence-electron chi connectivity index (χ3n) is 5.51. The largest absolute Gasteiger partial charge is 0.483 e. The summed E-state index contributed by atoms with van der Waals surface area (Å²) in [4.78, 5) is 27.6. The predicted octanol–water partition coefficient (Wildman–Crippen LogP) is 5.35. The van der Waals surface area contributed by atoms with Gasteiger partial charge in [0, 0.05) is 17.6 Å². The van der Waals surface area contributed by atoms with E-state index in [1.165, 1.54) is 4.90 Å². The number of hydrogen-bond donors (Lipinski definition) is 1. The minimum absolute atomic E-state index is 0.0251. The molecule has 0 heterocycles. The van der Waals surface area contributed by atoms with E-state index in [9.17, 15) is 9.59 Å². The first-order valence-electron chi connectivity index (χ1n) is 11.1. The summed E-state index contributed by atoms with van der Waals surface area (Å²) in [6.07, 6.45) is 0.809. The van der Waals surface area contributed by atoms with E-state index in [0.29, 0.717) is 10.8 Å². The van der Waals surface area contributed by atoms with Crippen LogP contribution in [-0.4, -0.2) is 35.4 Å². The van der Waals surface area contributed by atoms with E-state index in [1.54, 1.807) is 13.0 Å². The molecule has 174 valence electrons. The van der Waals surface area contributed by atoms with Crippen molar-refractivity contribution in [1.82, 2.24) is 10.2 Å². The van der Waals surface area contributed by atoms with Crippen molar-refractivity contribution in [1.29, 1.82) is 0 Å². The number of amides is 2. The quantitative estimate of drug-likeness (QED) is 0.551. The second-order valence-electron chi connectivity index (χ2n) is 9.14. The van der Waals surface area contributed by atoms with Crippen LogP contribution in [0.4, 0.5) is 0 Å². The number of halogens is 1. The zero-order valence-electron chi connectivity index (χ0n) is 19.9. The molecular formula is C26H35ClN2O3. The van der Waals surface area contributed by atoms with Crippen LogP contribution in [0.1, 0.15) is 59.1 Å². The van der Waals surface area contributed by atoms with E-state index >= 15 is 0 Å². The summed E-state index contributed by atoms with van der Waals surface area (Å²) in [5.74, 6) is 0.193. The molecule has 2 aromatic rings. The SMILES string of the molecule is CCC(C)NC(=O)C(C)N(Cc1ccccc1Cl)C(=O)COc1ccccc1C(C)(C)C. The lowest BCUT2D eigenvalue weighted by Crippen LogP contribution is -2.50. The van der Waals surface area contributed by atoms with Gasteiger partial charge in [0.2, 0.25) is 5.91 Å². The van der Waals surface area contributed by atoms with Crippen LogP contribution in [0.15, 0.2) is 48.5 Å². The first kappa shape index (κ1) is 25.7. The van der Waals surface area contributed by atoms with Crippen molar-refractivity contribution < 1.29 is 14.3 Å². The molecule has 0 spiro atoms. The Morgan fingerprint density at radius 1 is 1.06 bits per heavy atom. The smallest absolute Gasteiger partial charge is 0.261 e. The van der Waals surface area contributed by atoms with Gasteiger partial charge in [-0.05, 0) is 48.9 Å². The maximum absolute atomic E-state index is 13.3. The Hall–Kier alpha value is -2.53. The van der Waals surface area contributed by atoms with Crippen LogP contribution in [0.2, 0.25) is 5.02 Å². The van der Waals surface area contributed by atoms with Gasteiger partial charge in [-0.25, -0.2) is 0 Å². The molecule has 1 N–H and O–H groups in total. The lowest BCUT2D eigenvalue weighted by molar-refractivity contribution is -0.142. The monoisotopic (exact) mass is 458 g/mol. The molecule has 0 fully saturated rings. The van der Waals surface area contributed by atoms with Crippen LogP contribution in [0.3, 0.4) is 0 Å². The van der Waals surface area contributed by atoms with Gasteiger partial charge in [0.05, 0.1) is 0 Å². The third kappa shape index (κ3) is 6.99. The first-order chi connectivity index (χ1) is 15.0. The molecule has 0 aliphatic carbocycles. The first-order valence-corrected chi connectivity index (χ1v) is 11.5. The second-order valence-corrected chi connectivity index (χ2v) is 9.55. The minimum atomic E-state index is -0.672. The van der Waals surface area contributed by atoms with Gasteiger partial charge in [0.15, 0.2) is 6.61 Å². The average molecular weight is 459 g/mol. The fourth-order valence-electron chi connectivity index (χ4n) is 3.29. The minimum Gasteiger partial charge on any atom is -0.483 e. The van der Waals surface area contributed by atoms with E-state index in [4.69, 9.17) is 16.3 Å². The average Bonchev–Trinajstić information content (AvgIpc) is 2.75. The second kappa shape index (κ2) is 11.4. The van der Waals surface area contributed by atoms with Gasteiger partial charge in [0.25, 0.3) is 5.91 Å². The molecule has 32 heavy (non-hydrogen) atoms. The fraction of sp³-hybridized carbons (Fsp3) is 0.462. The molecule has 2 atom stereocenters. The van der Waals surface area contributed by atoms with Crippen LogP contribution >= 0.6 is 11.6 Å². The van der Waals surface area contributed by atoms with Crippen LogP contribution in [-0.2, 0) is 21.5 Å². The molecule has 0 aromatic heterocycles. The Labute approximate surface area is 197 Å². The number of carbonyl (C=O) groups is 2. The molecule has 2 unspecified atom stereocenters. The Kier molecular flexibility index (Phi) is 9.14. The van der Waals surface area contributed by atoms with Crippen molar-refractivity contribution in [3.8, 4) is 5.75 Å². The molecule has 2 rings (SSSR count). The molecule has 0 bridgehead atoms. The zero-order valence-corrected chi connectivity index (χ0v) is 20.7. The van der Waals surface area contributed by atoms with Gasteiger partial charge < -0.3 is 15.0 Å². The predicted molar refractivity (Wildman–Crippen MR) is 130 cm³/mol. The van der Waals surface area contributed by atoms with Crippen molar-refractivity contribution >= 4 is 23.4 Å². The molecule has 0 aliphatic heterocycles. The molecule has 2 amide bonds. The number of benzene rings is 2. The Morgan fingerprint density at radius 2 is 1.69 bits per heavy atom. The van der Waals surface area contributed by atoms with Crippen molar-refractivity contribution in [2.75, 3.05) is 6.61 Å². The summed E-state index contributed by atoms with van der Waals surface area (Å²) < 4.78 is 5.95. The van der Waals surface area contributed by atoms with E-state index < -0.39 is 6.04 Å². The molecule has 0 aliphatic rings. The van der Waals surface area contributed by atoms with Crippen LogP contribution in [0.5, 0.6) is 5.75 Å². The van der Waals surface area contributed by atoms with Gasteiger partial charge >= 0.3 is 0 Å². The van der Waals surface area contributed by atoms with Crippen molar-refractivity contribution in [3.63, 3.8) is 0 Å². The van der Waals surface area contributed by atoms with E-state index in [-0.39, 0.29) is 36.4 Å². The fourth-order valence-corrected chi connectivity index (χ4v) is 3.49. The number of rotatable bonds is 9. The third-order valence-corrected chi connectivity index (χ3v) is 5.88. The number of para-hydroxylation sites is 1. The summed E-state index contributed by atoms with van der Waals surface area (Å²) in [6.45, 7) is 12.0. The van der Waals surface area contributed by atoms with Crippen LogP contribution < -0.4 is 10.1 Å². The van der Waals surface area contributed by atoms with Crippen molar-refractivity contribution in [3.05, 3.63) is 64.7 Å². The molecule has 0 saturated carbocycles. The van der Waals surface area contributed by atoms with E-state index in [1.807, 2.05) is 56.3 Å². The molecule has 2 aromatic carbocycles. The maximum Gasteiger partial charge on any atom is 0.261 e. The summed E-state index contributed by atoms with van der Waals surface area (Å²) in [6, 6.07) is 14.4. The Bertz CT molecular complexity index is 923. The van der Waals surface area contributed by atoms with Crippen molar-refractivity contribution in [2.45, 2.75) is 72.0 Å². The van der Waals surface area contributed by atoms with Gasteiger partial charge in [-0.1, -0.05) is 75.7 Å². The van der Waals surface area contributed by atoms with Crippen molar-refractivity contribution in [2.24, 2.45) is 0 Å².